The molecule has 0 aromatic heterocycles. The predicted molar refractivity (Wildman–Crippen MR) is 101 cm³/mol. The summed E-state index contributed by atoms with van der Waals surface area (Å²) < 4.78 is 10.8. The maximum atomic E-state index is 12.3. The zero-order chi connectivity index (χ0) is 18.7. The molecule has 1 heterocycles. The zero-order valence-corrected chi connectivity index (χ0v) is 15.3. The SMILES string of the molecule is C[C@@H](OC(=O)C1=Cc2ccccc2OC1)C(=O)Nc1cc(Cl)ccc1Cl. The molecule has 0 aliphatic carbocycles. The molecule has 0 unspecified atom stereocenters. The summed E-state index contributed by atoms with van der Waals surface area (Å²) in [5.41, 5.74) is 1.47. The Bertz CT molecular complexity index is 895. The molecule has 0 fully saturated rings. The highest BCUT2D eigenvalue weighted by molar-refractivity contribution is 6.35. The maximum absolute atomic E-state index is 12.3. The number of benzene rings is 2. The Labute approximate surface area is 160 Å². The molecule has 1 aliphatic rings. The third-order valence-electron chi connectivity index (χ3n) is 3.73. The van der Waals surface area contributed by atoms with Crippen LogP contribution in [0.15, 0.2) is 48.0 Å². The number of fused-ring (bicyclic) bond motifs is 1. The van der Waals surface area contributed by atoms with Crippen molar-refractivity contribution in [1.82, 2.24) is 0 Å². The molecule has 134 valence electrons. The normalized spacial score (nSPS) is 13.7. The summed E-state index contributed by atoms with van der Waals surface area (Å²) in [6.07, 6.45) is 0.676. The van der Waals surface area contributed by atoms with Gasteiger partial charge in [-0.2, -0.15) is 0 Å². The van der Waals surface area contributed by atoms with E-state index in [0.717, 1.165) is 5.56 Å². The summed E-state index contributed by atoms with van der Waals surface area (Å²) in [6, 6.07) is 12.0. The van der Waals surface area contributed by atoms with Crippen LogP contribution in [0.2, 0.25) is 10.0 Å². The van der Waals surface area contributed by atoms with E-state index >= 15 is 0 Å². The number of rotatable bonds is 4. The second-order valence-electron chi connectivity index (χ2n) is 5.66. The number of carbonyl (C=O) groups is 2. The quantitative estimate of drug-likeness (QED) is 0.787. The molecule has 0 saturated carbocycles. The van der Waals surface area contributed by atoms with Gasteiger partial charge in [0.15, 0.2) is 6.10 Å². The molecule has 2 aromatic rings. The summed E-state index contributed by atoms with van der Waals surface area (Å²) in [7, 11) is 0. The van der Waals surface area contributed by atoms with Crippen LogP contribution in [0.5, 0.6) is 5.75 Å². The van der Waals surface area contributed by atoms with Crippen molar-refractivity contribution in [2.45, 2.75) is 13.0 Å². The standard InChI is InChI=1S/C19H15Cl2NO4/c1-11(18(23)22-16-9-14(20)6-7-15(16)21)26-19(24)13-8-12-4-2-3-5-17(12)25-10-13/h2-9,11H,10H2,1H3,(H,22,23)/t11-/m1/s1. The lowest BCUT2D eigenvalue weighted by Gasteiger charge is -2.19. The van der Waals surface area contributed by atoms with E-state index in [1.165, 1.54) is 13.0 Å². The molecule has 7 heteroatoms. The van der Waals surface area contributed by atoms with Crippen molar-refractivity contribution >= 4 is 46.8 Å². The topological polar surface area (TPSA) is 64.6 Å². The minimum Gasteiger partial charge on any atom is -0.488 e. The van der Waals surface area contributed by atoms with Gasteiger partial charge in [0.25, 0.3) is 5.91 Å². The fourth-order valence-electron chi connectivity index (χ4n) is 2.35. The van der Waals surface area contributed by atoms with Crippen LogP contribution in [-0.4, -0.2) is 24.6 Å². The van der Waals surface area contributed by atoms with Crippen molar-refractivity contribution in [2.24, 2.45) is 0 Å². The van der Waals surface area contributed by atoms with Gasteiger partial charge in [0.05, 0.1) is 16.3 Å². The Kier molecular flexibility index (Phi) is 5.49. The number of carbonyl (C=O) groups excluding carboxylic acids is 2. The summed E-state index contributed by atoms with van der Waals surface area (Å²) in [4.78, 5) is 24.6. The molecular weight excluding hydrogens is 377 g/mol. The monoisotopic (exact) mass is 391 g/mol. The van der Waals surface area contributed by atoms with Crippen LogP contribution in [0.3, 0.4) is 0 Å². The van der Waals surface area contributed by atoms with Crippen LogP contribution >= 0.6 is 23.2 Å². The molecule has 3 rings (SSSR count). The highest BCUT2D eigenvalue weighted by atomic mass is 35.5. The first-order valence-corrected chi connectivity index (χ1v) is 8.59. The number of para-hydroxylation sites is 1. The van der Waals surface area contributed by atoms with Gasteiger partial charge in [0.2, 0.25) is 0 Å². The first kappa shape index (κ1) is 18.3. The first-order chi connectivity index (χ1) is 12.4. The van der Waals surface area contributed by atoms with Crippen molar-refractivity contribution in [3.63, 3.8) is 0 Å². The van der Waals surface area contributed by atoms with Crippen molar-refractivity contribution in [3.05, 3.63) is 63.6 Å². The van der Waals surface area contributed by atoms with Crippen LogP contribution in [0.4, 0.5) is 5.69 Å². The van der Waals surface area contributed by atoms with Gasteiger partial charge in [-0.3, -0.25) is 4.79 Å². The Morgan fingerprint density at radius 2 is 1.96 bits per heavy atom. The van der Waals surface area contributed by atoms with Crippen LogP contribution in [0, 0.1) is 0 Å². The molecule has 0 saturated heterocycles. The third kappa shape index (κ3) is 4.18. The summed E-state index contributed by atoms with van der Waals surface area (Å²) in [6.45, 7) is 1.56. The number of esters is 1. The highest BCUT2D eigenvalue weighted by Crippen LogP contribution is 2.27. The lowest BCUT2D eigenvalue weighted by Crippen LogP contribution is -2.31. The lowest BCUT2D eigenvalue weighted by molar-refractivity contribution is -0.149. The Balaban J connectivity index is 1.65. The Morgan fingerprint density at radius 3 is 2.77 bits per heavy atom. The van der Waals surface area contributed by atoms with Gasteiger partial charge in [-0.25, -0.2) is 4.79 Å². The van der Waals surface area contributed by atoms with E-state index in [1.54, 1.807) is 18.2 Å². The highest BCUT2D eigenvalue weighted by Gasteiger charge is 2.23. The summed E-state index contributed by atoms with van der Waals surface area (Å²) in [5.74, 6) is -0.426. The molecule has 1 atom stereocenters. The van der Waals surface area contributed by atoms with E-state index < -0.39 is 18.0 Å². The number of halogens is 2. The second-order valence-corrected chi connectivity index (χ2v) is 6.50. The van der Waals surface area contributed by atoms with Crippen molar-refractivity contribution in [1.29, 1.82) is 0 Å². The molecule has 1 amide bonds. The molecule has 1 aliphatic heterocycles. The van der Waals surface area contributed by atoms with E-state index in [2.05, 4.69) is 5.32 Å². The van der Waals surface area contributed by atoms with Crippen LogP contribution < -0.4 is 10.1 Å². The molecule has 0 spiro atoms. The molecular formula is C19H15Cl2NO4. The average Bonchev–Trinajstić information content (AvgIpc) is 2.64. The number of amides is 1. The van der Waals surface area contributed by atoms with Gasteiger partial charge in [-0.15, -0.1) is 0 Å². The van der Waals surface area contributed by atoms with Gasteiger partial charge in [-0.05, 0) is 37.3 Å². The Morgan fingerprint density at radius 1 is 1.19 bits per heavy atom. The largest absolute Gasteiger partial charge is 0.488 e. The number of hydrogen-bond donors (Lipinski definition) is 1. The van der Waals surface area contributed by atoms with Crippen molar-refractivity contribution in [3.8, 4) is 5.75 Å². The number of ether oxygens (including phenoxy) is 2. The molecule has 2 aromatic carbocycles. The van der Waals surface area contributed by atoms with Gasteiger partial charge >= 0.3 is 5.97 Å². The predicted octanol–water partition coefficient (Wildman–Crippen LogP) is 4.34. The molecule has 1 N–H and O–H groups in total. The lowest BCUT2D eigenvalue weighted by atomic mass is 10.1. The van der Waals surface area contributed by atoms with Crippen LogP contribution in [-0.2, 0) is 14.3 Å². The summed E-state index contributed by atoms with van der Waals surface area (Å²) >= 11 is 11.9. The molecule has 0 radical (unpaired) electrons. The molecule has 5 nitrogen and oxygen atoms in total. The maximum Gasteiger partial charge on any atom is 0.338 e. The van der Waals surface area contributed by atoms with Gasteiger partial charge in [-0.1, -0.05) is 41.4 Å². The van der Waals surface area contributed by atoms with Crippen molar-refractivity contribution < 1.29 is 19.1 Å². The fraction of sp³-hybridized carbons (Fsp3) is 0.158. The minimum atomic E-state index is -1.02. The summed E-state index contributed by atoms with van der Waals surface area (Å²) in [5, 5.41) is 3.35. The van der Waals surface area contributed by atoms with Gasteiger partial charge < -0.3 is 14.8 Å². The fourth-order valence-corrected chi connectivity index (χ4v) is 2.69. The van der Waals surface area contributed by atoms with Gasteiger partial charge in [0.1, 0.15) is 12.4 Å². The minimum absolute atomic E-state index is 0.0876. The van der Waals surface area contributed by atoms with Gasteiger partial charge in [0, 0.05) is 10.6 Å². The van der Waals surface area contributed by atoms with E-state index in [4.69, 9.17) is 32.7 Å². The Hall–Kier alpha value is -2.50. The van der Waals surface area contributed by atoms with E-state index in [9.17, 15) is 9.59 Å². The van der Waals surface area contributed by atoms with Crippen molar-refractivity contribution in [2.75, 3.05) is 11.9 Å². The third-order valence-corrected chi connectivity index (χ3v) is 4.30. The first-order valence-electron chi connectivity index (χ1n) is 7.83. The average molecular weight is 392 g/mol. The number of anilines is 1. The van der Waals surface area contributed by atoms with E-state index in [0.29, 0.717) is 27.1 Å². The van der Waals surface area contributed by atoms with E-state index in [-0.39, 0.29) is 6.61 Å². The second kappa shape index (κ2) is 7.81. The molecule has 0 bridgehead atoms. The van der Waals surface area contributed by atoms with Crippen LogP contribution in [0.25, 0.3) is 6.08 Å². The van der Waals surface area contributed by atoms with E-state index in [1.807, 2.05) is 24.3 Å². The zero-order valence-electron chi connectivity index (χ0n) is 13.8. The molecule has 26 heavy (non-hydrogen) atoms. The number of hydrogen-bond acceptors (Lipinski definition) is 4. The smallest absolute Gasteiger partial charge is 0.338 e. The number of nitrogens with one attached hydrogen (secondary N) is 1. The van der Waals surface area contributed by atoms with Crippen LogP contribution in [0.1, 0.15) is 12.5 Å².